The number of carbonyl (C=O) groups is 1. The van der Waals surface area contributed by atoms with Crippen molar-refractivity contribution in [2.75, 3.05) is 6.54 Å². The minimum atomic E-state index is -2.84. The zero-order valence-electron chi connectivity index (χ0n) is 13.8. The van der Waals surface area contributed by atoms with E-state index < -0.39 is 12.7 Å². The van der Waals surface area contributed by atoms with E-state index in [9.17, 15) is 13.6 Å². The van der Waals surface area contributed by atoms with Gasteiger partial charge in [0.25, 0.3) is 0 Å². The van der Waals surface area contributed by atoms with Crippen molar-refractivity contribution in [3.63, 3.8) is 0 Å². The van der Waals surface area contributed by atoms with E-state index in [0.717, 1.165) is 36.8 Å². The van der Waals surface area contributed by atoms with Crippen molar-refractivity contribution >= 4 is 18.3 Å². The van der Waals surface area contributed by atoms with Gasteiger partial charge in [-0.25, -0.2) is 0 Å². The fraction of sp³-hybridized carbons (Fsp3) is 0.588. The second-order valence-electron chi connectivity index (χ2n) is 6.25. The molecule has 1 aromatic carbocycles. The van der Waals surface area contributed by atoms with Crippen LogP contribution >= 0.6 is 12.4 Å². The van der Waals surface area contributed by atoms with E-state index in [4.69, 9.17) is 10.5 Å². The molecule has 0 spiro atoms. The highest BCUT2D eigenvalue weighted by molar-refractivity contribution is 5.85. The number of carbonyl (C=O) groups excluding carboxylic acids is 1. The Morgan fingerprint density at radius 2 is 2.16 bits per heavy atom. The second kappa shape index (κ2) is 8.78. The molecule has 1 amide bonds. The average Bonchev–Trinajstić information content (AvgIpc) is 3.03. The van der Waals surface area contributed by atoms with E-state index in [1.807, 2.05) is 0 Å². The molecule has 1 fully saturated rings. The molecule has 0 saturated carbocycles. The number of hydrogen-bond acceptors (Lipinski definition) is 4. The number of nitrogens with one attached hydrogen (secondary N) is 1. The first kappa shape index (κ1) is 19.9. The predicted octanol–water partition coefficient (Wildman–Crippen LogP) is 2.71. The molecule has 1 heterocycles. The summed E-state index contributed by atoms with van der Waals surface area (Å²) in [6, 6.07) is 4.79. The number of fused-ring (bicyclic) bond motifs is 1. The normalized spacial score (nSPS) is 25.2. The van der Waals surface area contributed by atoms with Crippen LogP contribution in [0.3, 0.4) is 0 Å². The van der Waals surface area contributed by atoms with Crippen LogP contribution in [-0.2, 0) is 16.0 Å². The predicted molar refractivity (Wildman–Crippen MR) is 91.1 cm³/mol. The van der Waals surface area contributed by atoms with Crippen LogP contribution < -0.4 is 15.8 Å². The first-order valence-electron chi connectivity index (χ1n) is 8.30. The van der Waals surface area contributed by atoms with Gasteiger partial charge in [0, 0.05) is 6.54 Å². The largest absolute Gasteiger partial charge is 0.435 e. The standard InChI is InChI=1S/C17H22F2N2O3.ClH/c18-17(19)24-11-4-6-13-10(8-11)2-1-3-14(13)21-16(22)15-7-5-12(9-20)23-15;/h4,6,8,12,14-15,17H,1-3,5,7,9,20H2,(H,21,22);1H/t12-,14?,15+;/m1./s1. The Morgan fingerprint density at radius 1 is 1.36 bits per heavy atom. The third-order valence-corrected chi connectivity index (χ3v) is 4.63. The van der Waals surface area contributed by atoms with Crippen molar-refractivity contribution < 1.29 is 23.0 Å². The molecular formula is C17H23ClF2N2O3. The van der Waals surface area contributed by atoms with Crippen LogP contribution in [0.4, 0.5) is 8.78 Å². The topological polar surface area (TPSA) is 73.6 Å². The Kier molecular flexibility index (Phi) is 6.98. The van der Waals surface area contributed by atoms with Crippen molar-refractivity contribution in [2.45, 2.75) is 57.0 Å². The van der Waals surface area contributed by atoms with Gasteiger partial charge < -0.3 is 20.5 Å². The Balaban J connectivity index is 0.00000225. The van der Waals surface area contributed by atoms with Gasteiger partial charge in [-0.05, 0) is 55.4 Å². The average molecular weight is 377 g/mol. The van der Waals surface area contributed by atoms with Crippen LogP contribution in [0.5, 0.6) is 5.75 Å². The number of hydrogen-bond donors (Lipinski definition) is 2. The summed E-state index contributed by atoms with van der Waals surface area (Å²) < 4.78 is 34.7. The van der Waals surface area contributed by atoms with Crippen LogP contribution in [0.15, 0.2) is 18.2 Å². The van der Waals surface area contributed by atoms with Gasteiger partial charge in [-0.3, -0.25) is 4.79 Å². The first-order valence-corrected chi connectivity index (χ1v) is 8.30. The summed E-state index contributed by atoms with van der Waals surface area (Å²) in [5.41, 5.74) is 7.47. The molecule has 1 aliphatic carbocycles. The van der Waals surface area contributed by atoms with E-state index in [0.29, 0.717) is 13.0 Å². The quantitative estimate of drug-likeness (QED) is 0.828. The third-order valence-electron chi connectivity index (χ3n) is 4.63. The summed E-state index contributed by atoms with van der Waals surface area (Å²) in [5.74, 6) is 0.0253. The van der Waals surface area contributed by atoms with Gasteiger partial charge >= 0.3 is 6.61 Å². The summed E-state index contributed by atoms with van der Waals surface area (Å²) in [6.45, 7) is -2.42. The maximum absolute atomic E-state index is 12.4. The third kappa shape index (κ3) is 4.80. The zero-order chi connectivity index (χ0) is 17.1. The van der Waals surface area contributed by atoms with Crippen molar-refractivity contribution in [2.24, 2.45) is 5.73 Å². The monoisotopic (exact) mass is 376 g/mol. The molecule has 8 heteroatoms. The summed E-state index contributed by atoms with van der Waals surface area (Å²) >= 11 is 0. The van der Waals surface area contributed by atoms with E-state index in [2.05, 4.69) is 10.1 Å². The Bertz CT molecular complexity index is 603. The minimum absolute atomic E-state index is 0. The molecule has 1 aromatic rings. The van der Waals surface area contributed by atoms with E-state index >= 15 is 0 Å². The lowest BCUT2D eigenvalue weighted by Gasteiger charge is -2.28. The molecule has 0 radical (unpaired) electrons. The highest BCUT2D eigenvalue weighted by Gasteiger charge is 2.32. The number of amides is 1. The molecule has 2 aliphatic rings. The molecule has 140 valence electrons. The number of rotatable bonds is 5. The van der Waals surface area contributed by atoms with Gasteiger partial charge in [0.05, 0.1) is 12.1 Å². The van der Waals surface area contributed by atoms with Crippen LogP contribution in [0, 0.1) is 0 Å². The number of ether oxygens (including phenoxy) is 2. The van der Waals surface area contributed by atoms with Crippen molar-refractivity contribution in [1.82, 2.24) is 5.32 Å². The van der Waals surface area contributed by atoms with E-state index in [1.54, 1.807) is 12.1 Å². The summed E-state index contributed by atoms with van der Waals surface area (Å²) in [7, 11) is 0. The van der Waals surface area contributed by atoms with Gasteiger partial charge in [-0.2, -0.15) is 8.78 Å². The summed E-state index contributed by atoms with van der Waals surface area (Å²) in [5, 5.41) is 3.03. The number of aryl methyl sites for hydroxylation is 1. The maximum atomic E-state index is 12.4. The lowest BCUT2D eigenvalue weighted by atomic mass is 9.87. The molecule has 0 aromatic heterocycles. The molecule has 25 heavy (non-hydrogen) atoms. The Morgan fingerprint density at radius 3 is 2.84 bits per heavy atom. The Labute approximate surface area is 151 Å². The van der Waals surface area contributed by atoms with Gasteiger partial charge in [0.15, 0.2) is 0 Å². The van der Waals surface area contributed by atoms with Crippen molar-refractivity contribution in [3.05, 3.63) is 29.3 Å². The molecule has 1 aliphatic heterocycles. The van der Waals surface area contributed by atoms with Crippen LogP contribution in [0.1, 0.15) is 42.9 Å². The summed E-state index contributed by atoms with van der Waals surface area (Å²) in [6.07, 6.45) is 3.46. The van der Waals surface area contributed by atoms with Gasteiger partial charge in [0.2, 0.25) is 5.91 Å². The first-order chi connectivity index (χ1) is 11.6. The van der Waals surface area contributed by atoms with E-state index in [-0.39, 0.29) is 36.2 Å². The number of nitrogens with two attached hydrogens (primary N) is 1. The SMILES string of the molecule is Cl.NC[C@H]1CC[C@@H](C(=O)NC2CCCc3cc(OC(F)F)ccc32)O1. The fourth-order valence-electron chi connectivity index (χ4n) is 3.45. The van der Waals surface area contributed by atoms with Crippen LogP contribution in [-0.4, -0.2) is 31.3 Å². The van der Waals surface area contributed by atoms with Gasteiger partial charge in [-0.1, -0.05) is 6.07 Å². The van der Waals surface area contributed by atoms with Crippen molar-refractivity contribution in [1.29, 1.82) is 0 Å². The van der Waals surface area contributed by atoms with Gasteiger partial charge in [0.1, 0.15) is 11.9 Å². The molecule has 3 atom stereocenters. The Hall–Kier alpha value is -1.44. The molecule has 3 rings (SSSR count). The van der Waals surface area contributed by atoms with Crippen LogP contribution in [0.25, 0.3) is 0 Å². The number of alkyl halides is 2. The van der Waals surface area contributed by atoms with E-state index in [1.165, 1.54) is 6.07 Å². The van der Waals surface area contributed by atoms with Crippen molar-refractivity contribution in [3.8, 4) is 5.75 Å². The minimum Gasteiger partial charge on any atom is -0.435 e. The second-order valence-corrected chi connectivity index (χ2v) is 6.25. The zero-order valence-corrected chi connectivity index (χ0v) is 14.6. The molecule has 3 N–H and O–H groups in total. The maximum Gasteiger partial charge on any atom is 0.387 e. The lowest BCUT2D eigenvalue weighted by molar-refractivity contribution is -0.132. The highest BCUT2D eigenvalue weighted by atomic mass is 35.5. The molecule has 5 nitrogen and oxygen atoms in total. The highest BCUT2D eigenvalue weighted by Crippen LogP contribution is 2.33. The van der Waals surface area contributed by atoms with Crippen LogP contribution in [0.2, 0.25) is 0 Å². The molecule has 1 saturated heterocycles. The number of halogens is 3. The molecular weight excluding hydrogens is 354 g/mol. The summed E-state index contributed by atoms with van der Waals surface area (Å²) in [4.78, 5) is 12.4. The molecule has 0 bridgehead atoms. The smallest absolute Gasteiger partial charge is 0.387 e. The lowest BCUT2D eigenvalue weighted by Crippen LogP contribution is -2.39. The number of benzene rings is 1. The molecule has 1 unspecified atom stereocenters. The van der Waals surface area contributed by atoms with Gasteiger partial charge in [-0.15, -0.1) is 12.4 Å². The fourth-order valence-corrected chi connectivity index (χ4v) is 3.45.